The van der Waals surface area contributed by atoms with Gasteiger partial charge in [0.1, 0.15) is 0 Å². The summed E-state index contributed by atoms with van der Waals surface area (Å²) in [5.74, 6) is 1.99. The fraction of sp³-hybridized carbons (Fsp3) is 0.650. The molecule has 0 saturated carbocycles. The maximum absolute atomic E-state index is 12.4. The lowest BCUT2D eigenvalue weighted by Crippen LogP contribution is -2.48. The van der Waals surface area contributed by atoms with Gasteiger partial charge in [-0.25, -0.2) is 0 Å². The summed E-state index contributed by atoms with van der Waals surface area (Å²) in [6.45, 7) is 9.82. The molecular formula is C20H30N2O3. The van der Waals surface area contributed by atoms with Gasteiger partial charge in [-0.05, 0) is 18.9 Å². The molecule has 5 nitrogen and oxygen atoms in total. The second-order valence-corrected chi connectivity index (χ2v) is 7.99. The number of carbonyl (C=O) groups excluding carboxylic acids is 1. The van der Waals surface area contributed by atoms with Crippen LogP contribution in [0.2, 0.25) is 0 Å². The van der Waals surface area contributed by atoms with Crippen molar-refractivity contribution in [1.29, 1.82) is 0 Å². The van der Waals surface area contributed by atoms with E-state index >= 15 is 0 Å². The van der Waals surface area contributed by atoms with Crippen molar-refractivity contribution in [2.24, 2.45) is 5.41 Å². The predicted molar refractivity (Wildman–Crippen MR) is 97.9 cm³/mol. The topological polar surface area (TPSA) is 50.8 Å². The smallest absolute Gasteiger partial charge is 0.227 e. The number of para-hydroxylation sites is 1. The molecule has 5 heteroatoms. The van der Waals surface area contributed by atoms with Gasteiger partial charge >= 0.3 is 0 Å². The number of piperidine rings is 1. The van der Waals surface area contributed by atoms with Crippen molar-refractivity contribution in [1.82, 2.24) is 10.2 Å². The first kappa shape index (κ1) is 18.1. The Kier molecular flexibility index (Phi) is 5.52. The fourth-order valence-corrected chi connectivity index (χ4v) is 3.41. The van der Waals surface area contributed by atoms with Crippen molar-refractivity contribution in [3.63, 3.8) is 0 Å². The van der Waals surface area contributed by atoms with E-state index < -0.39 is 0 Å². The number of carbonyl (C=O) groups is 1. The highest BCUT2D eigenvalue weighted by molar-refractivity contribution is 5.81. The van der Waals surface area contributed by atoms with Crippen molar-refractivity contribution in [3.05, 3.63) is 23.8 Å². The summed E-state index contributed by atoms with van der Waals surface area (Å²) in [5, 5.41) is 3.63. The Balaban J connectivity index is 1.53. The number of nitrogens with one attached hydrogen (secondary N) is 1. The standard InChI is InChI=1S/C20H30N2O3/c1-20(2,3)19(23)22-10-8-16(9-11-22)21-14-15-6-4-7-17-18(15)25-13-5-12-24-17/h4,6-7,16,21H,5,8-14H2,1-3H3. The maximum Gasteiger partial charge on any atom is 0.227 e. The minimum atomic E-state index is -0.292. The van der Waals surface area contributed by atoms with Gasteiger partial charge in [0.15, 0.2) is 11.5 Å². The molecule has 0 bridgehead atoms. The van der Waals surface area contributed by atoms with E-state index in [-0.39, 0.29) is 11.3 Å². The van der Waals surface area contributed by atoms with Crippen LogP contribution in [0.1, 0.15) is 45.6 Å². The van der Waals surface area contributed by atoms with Gasteiger partial charge in [-0.2, -0.15) is 0 Å². The molecule has 3 rings (SSSR count). The third-order valence-corrected chi connectivity index (χ3v) is 4.86. The lowest BCUT2D eigenvalue weighted by atomic mass is 9.93. The normalized spacial score (nSPS) is 18.8. The molecule has 1 aromatic rings. The Morgan fingerprint density at radius 3 is 2.64 bits per heavy atom. The Hall–Kier alpha value is -1.75. The number of rotatable bonds is 3. The number of likely N-dealkylation sites (tertiary alicyclic amines) is 1. The lowest BCUT2D eigenvalue weighted by Gasteiger charge is -2.36. The van der Waals surface area contributed by atoms with Crippen LogP contribution >= 0.6 is 0 Å². The summed E-state index contributed by atoms with van der Waals surface area (Å²) in [7, 11) is 0. The number of amides is 1. The molecular weight excluding hydrogens is 316 g/mol. The van der Waals surface area contributed by atoms with Gasteiger partial charge in [0.05, 0.1) is 13.2 Å². The second-order valence-electron chi connectivity index (χ2n) is 7.99. The summed E-state index contributed by atoms with van der Waals surface area (Å²) in [6, 6.07) is 6.53. The van der Waals surface area contributed by atoms with Crippen LogP contribution < -0.4 is 14.8 Å². The Morgan fingerprint density at radius 1 is 1.20 bits per heavy atom. The predicted octanol–water partition coefficient (Wildman–Crippen LogP) is 2.97. The van der Waals surface area contributed by atoms with E-state index in [0.29, 0.717) is 19.3 Å². The SMILES string of the molecule is CC(C)(C)C(=O)N1CCC(NCc2cccc3c2OCCCO3)CC1. The zero-order valence-electron chi connectivity index (χ0n) is 15.6. The second kappa shape index (κ2) is 7.65. The van der Waals surface area contributed by atoms with Crippen molar-refractivity contribution >= 4 is 5.91 Å². The molecule has 1 saturated heterocycles. The van der Waals surface area contributed by atoms with E-state index in [4.69, 9.17) is 9.47 Å². The summed E-state index contributed by atoms with van der Waals surface area (Å²) in [6.07, 6.45) is 2.91. The molecule has 1 N–H and O–H groups in total. The molecule has 25 heavy (non-hydrogen) atoms. The molecule has 0 aromatic heterocycles. The van der Waals surface area contributed by atoms with Gasteiger partial charge in [-0.1, -0.05) is 32.9 Å². The van der Waals surface area contributed by atoms with Gasteiger partial charge in [0.25, 0.3) is 0 Å². The third-order valence-electron chi connectivity index (χ3n) is 4.86. The van der Waals surface area contributed by atoms with Crippen LogP contribution in [0.25, 0.3) is 0 Å². The monoisotopic (exact) mass is 346 g/mol. The molecule has 0 aliphatic carbocycles. The van der Waals surface area contributed by atoms with Crippen LogP contribution in [0.15, 0.2) is 18.2 Å². The van der Waals surface area contributed by atoms with E-state index in [1.807, 2.05) is 37.8 Å². The van der Waals surface area contributed by atoms with E-state index in [1.165, 1.54) is 0 Å². The highest BCUT2D eigenvalue weighted by atomic mass is 16.5. The molecule has 0 spiro atoms. The molecule has 2 aliphatic heterocycles. The maximum atomic E-state index is 12.4. The van der Waals surface area contributed by atoms with Crippen molar-refractivity contribution in [3.8, 4) is 11.5 Å². The molecule has 138 valence electrons. The summed E-state index contributed by atoms with van der Waals surface area (Å²) in [5.41, 5.74) is 0.853. The molecule has 1 aromatic carbocycles. The number of ether oxygens (including phenoxy) is 2. The van der Waals surface area contributed by atoms with Gasteiger partial charge in [-0.15, -0.1) is 0 Å². The summed E-state index contributed by atoms with van der Waals surface area (Å²) in [4.78, 5) is 14.4. The van der Waals surface area contributed by atoms with Crippen LogP contribution in [0.5, 0.6) is 11.5 Å². The van der Waals surface area contributed by atoms with E-state index in [2.05, 4.69) is 11.4 Å². The average Bonchev–Trinajstić information content (AvgIpc) is 2.85. The quantitative estimate of drug-likeness (QED) is 0.914. The van der Waals surface area contributed by atoms with Gasteiger partial charge in [0.2, 0.25) is 5.91 Å². The number of nitrogens with zero attached hydrogens (tertiary/aromatic N) is 1. The summed E-state index contributed by atoms with van der Waals surface area (Å²) < 4.78 is 11.6. The number of fused-ring (bicyclic) bond motifs is 1. The van der Waals surface area contributed by atoms with Crippen LogP contribution in [0.3, 0.4) is 0 Å². The molecule has 0 unspecified atom stereocenters. The average molecular weight is 346 g/mol. The third kappa shape index (κ3) is 4.46. The Labute approximate surface area is 150 Å². The van der Waals surface area contributed by atoms with Crippen LogP contribution in [0.4, 0.5) is 0 Å². The largest absolute Gasteiger partial charge is 0.490 e. The zero-order chi connectivity index (χ0) is 17.9. The number of hydrogen-bond acceptors (Lipinski definition) is 4. The number of hydrogen-bond donors (Lipinski definition) is 1. The molecule has 0 atom stereocenters. The Bertz CT molecular complexity index is 601. The lowest BCUT2D eigenvalue weighted by molar-refractivity contribution is -0.140. The molecule has 2 heterocycles. The zero-order valence-corrected chi connectivity index (χ0v) is 15.6. The van der Waals surface area contributed by atoms with Crippen molar-refractivity contribution in [2.75, 3.05) is 26.3 Å². The van der Waals surface area contributed by atoms with Gasteiger partial charge in [-0.3, -0.25) is 4.79 Å². The van der Waals surface area contributed by atoms with Crippen molar-refractivity contribution in [2.45, 2.75) is 52.6 Å². The van der Waals surface area contributed by atoms with Gasteiger partial charge in [0, 0.05) is 43.1 Å². The fourth-order valence-electron chi connectivity index (χ4n) is 3.41. The van der Waals surface area contributed by atoms with Gasteiger partial charge < -0.3 is 19.7 Å². The highest BCUT2D eigenvalue weighted by Crippen LogP contribution is 2.33. The first-order chi connectivity index (χ1) is 11.9. The molecule has 1 fully saturated rings. The first-order valence-electron chi connectivity index (χ1n) is 9.35. The van der Waals surface area contributed by atoms with Crippen LogP contribution in [-0.2, 0) is 11.3 Å². The molecule has 0 radical (unpaired) electrons. The van der Waals surface area contributed by atoms with Crippen molar-refractivity contribution < 1.29 is 14.3 Å². The van der Waals surface area contributed by atoms with Crippen LogP contribution in [0, 0.1) is 5.41 Å². The molecule has 1 amide bonds. The minimum absolute atomic E-state index is 0.255. The number of benzene rings is 1. The van der Waals surface area contributed by atoms with E-state index in [1.54, 1.807) is 0 Å². The van der Waals surface area contributed by atoms with E-state index in [0.717, 1.165) is 56.0 Å². The van der Waals surface area contributed by atoms with Crippen LogP contribution in [-0.4, -0.2) is 43.2 Å². The van der Waals surface area contributed by atoms with E-state index in [9.17, 15) is 4.79 Å². The Morgan fingerprint density at radius 2 is 1.92 bits per heavy atom. The highest BCUT2D eigenvalue weighted by Gasteiger charge is 2.30. The first-order valence-corrected chi connectivity index (χ1v) is 9.35. The minimum Gasteiger partial charge on any atom is -0.490 e. The molecule has 2 aliphatic rings. The summed E-state index contributed by atoms with van der Waals surface area (Å²) >= 11 is 0.